The average Bonchev–Trinajstić information content (AvgIpc) is 3.58. The highest BCUT2D eigenvalue weighted by Crippen LogP contribution is 2.42. The first-order valence-electron chi connectivity index (χ1n) is 17.3. The summed E-state index contributed by atoms with van der Waals surface area (Å²) in [4.78, 5) is 10.5. The van der Waals surface area contributed by atoms with Crippen LogP contribution in [0.1, 0.15) is 0 Å². The Kier molecular flexibility index (Phi) is 5.96. The van der Waals surface area contributed by atoms with Crippen molar-refractivity contribution in [1.29, 1.82) is 0 Å². The maximum atomic E-state index is 6.78. The molecule has 3 heterocycles. The Morgan fingerprint density at radius 2 is 0.863 bits per heavy atom. The molecule has 51 heavy (non-hydrogen) atoms. The Morgan fingerprint density at radius 3 is 1.59 bits per heavy atom. The van der Waals surface area contributed by atoms with Crippen molar-refractivity contribution in [2.45, 2.75) is 0 Å². The highest BCUT2D eigenvalue weighted by molar-refractivity contribution is 6.28. The quantitative estimate of drug-likeness (QED) is 0.179. The number of pyridine rings is 2. The lowest BCUT2D eigenvalue weighted by Crippen LogP contribution is -1.91. The van der Waals surface area contributed by atoms with E-state index in [9.17, 15) is 0 Å². The number of aromatic nitrogens is 2. The fourth-order valence-corrected chi connectivity index (χ4v) is 7.96. The molecule has 0 unspecified atom stereocenters. The lowest BCUT2D eigenvalue weighted by Gasteiger charge is -2.10. The van der Waals surface area contributed by atoms with E-state index in [1.165, 1.54) is 43.4 Å². The van der Waals surface area contributed by atoms with Gasteiger partial charge in [-0.15, -0.1) is 0 Å². The molecule has 0 bridgehead atoms. The van der Waals surface area contributed by atoms with E-state index in [2.05, 4.69) is 164 Å². The van der Waals surface area contributed by atoms with Crippen LogP contribution in [0.25, 0.3) is 110 Å². The molecule has 8 aromatic carbocycles. The van der Waals surface area contributed by atoms with Crippen LogP contribution in [0.2, 0.25) is 0 Å². The topological polar surface area (TPSA) is 38.9 Å². The second-order valence-corrected chi connectivity index (χ2v) is 13.3. The van der Waals surface area contributed by atoms with Gasteiger partial charge >= 0.3 is 0 Å². The van der Waals surface area contributed by atoms with Gasteiger partial charge in [0.2, 0.25) is 0 Å². The standard InChI is InChI=1S/C48H28N2O/c1-2-10-29(11-3-1)32-12-8-13-33(26-32)43-24-22-30-20-21-31-23-25-44(50-47(31)46(30)49-43)39-19-9-18-38-42-27-40-36-16-6-4-14-34(36)35-15-5-7-17-37(35)41(40)28-45(42)51-48(38)39/h1-28H. The minimum absolute atomic E-state index is 0.842. The number of fused-ring (bicyclic) bond motifs is 12. The summed E-state index contributed by atoms with van der Waals surface area (Å²) < 4.78 is 6.78. The molecule has 11 rings (SSSR count). The molecule has 0 aliphatic heterocycles. The van der Waals surface area contributed by atoms with Crippen LogP contribution in [0.5, 0.6) is 0 Å². The third-order valence-electron chi connectivity index (χ3n) is 10.4. The van der Waals surface area contributed by atoms with Crippen LogP contribution in [0.4, 0.5) is 0 Å². The Balaban J connectivity index is 1.10. The highest BCUT2D eigenvalue weighted by atomic mass is 16.3. The van der Waals surface area contributed by atoms with Gasteiger partial charge in [0.05, 0.1) is 22.4 Å². The summed E-state index contributed by atoms with van der Waals surface area (Å²) in [6, 6.07) is 60.1. The molecule has 236 valence electrons. The van der Waals surface area contributed by atoms with Gasteiger partial charge in [0.1, 0.15) is 11.2 Å². The van der Waals surface area contributed by atoms with E-state index in [4.69, 9.17) is 14.4 Å². The van der Waals surface area contributed by atoms with E-state index in [0.29, 0.717) is 0 Å². The second kappa shape index (κ2) is 10.8. The van der Waals surface area contributed by atoms with Crippen molar-refractivity contribution in [3.63, 3.8) is 0 Å². The lowest BCUT2D eigenvalue weighted by molar-refractivity contribution is 0.670. The van der Waals surface area contributed by atoms with E-state index in [1.807, 2.05) is 6.07 Å². The van der Waals surface area contributed by atoms with Crippen LogP contribution in [0.15, 0.2) is 174 Å². The maximum absolute atomic E-state index is 6.78. The van der Waals surface area contributed by atoms with Crippen LogP contribution in [-0.4, -0.2) is 9.97 Å². The van der Waals surface area contributed by atoms with Gasteiger partial charge in [-0.3, -0.25) is 0 Å². The Morgan fingerprint density at radius 1 is 0.333 bits per heavy atom. The van der Waals surface area contributed by atoms with Gasteiger partial charge in [-0.25, -0.2) is 9.97 Å². The smallest absolute Gasteiger partial charge is 0.144 e. The van der Waals surface area contributed by atoms with Crippen LogP contribution >= 0.6 is 0 Å². The van der Waals surface area contributed by atoms with Gasteiger partial charge < -0.3 is 4.42 Å². The van der Waals surface area contributed by atoms with Gasteiger partial charge in [0, 0.05) is 32.7 Å². The second-order valence-electron chi connectivity index (χ2n) is 13.3. The summed E-state index contributed by atoms with van der Waals surface area (Å²) in [5.74, 6) is 0. The molecule has 0 N–H and O–H groups in total. The van der Waals surface area contributed by atoms with Crippen LogP contribution in [0.3, 0.4) is 0 Å². The molecular formula is C48H28N2O. The van der Waals surface area contributed by atoms with Crippen molar-refractivity contribution in [3.05, 3.63) is 170 Å². The molecule has 3 aromatic heterocycles. The predicted molar refractivity (Wildman–Crippen MR) is 213 cm³/mol. The summed E-state index contributed by atoms with van der Waals surface area (Å²) in [5.41, 5.74) is 9.66. The Labute approximate surface area is 293 Å². The third-order valence-corrected chi connectivity index (χ3v) is 10.4. The molecule has 0 aliphatic carbocycles. The Hall–Kier alpha value is -6.84. The molecule has 3 nitrogen and oxygen atoms in total. The van der Waals surface area contributed by atoms with Crippen molar-refractivity contribution < 1.29 is 4.42 Å². The first-order chi connectivity index (χ1) is 25.3. The van der Waals surface area contributed by atoms with E-state index in [0.717, 1.165) is 66.3 Å². The number of hydrogen-bond donors (Lipinski definition) is 0. The van der Waals surface area contributed by atoms with Gasteiger partial charge in [-0.2, -0.15) is 0 Å². The summed E-state index contributed by atoms with van der Waals surface area (Å²) in [5, 5.41) is 11.7. The average molecular weight is 649 g/mol. The van der Waals surface area contributed by atoms with Crippen LogP contribution in [-0.2, 0) is 0 Å². The molecule has 0 amide bonds. The number of rotatable bonds is 3. The first-order valence-corrected chi connectivity index (χ1v) is 17.3. The fourth-order valence-electron chi connectivity index (χ4n) is 7.96. The van der Waals surface area contributed by atoms with Crippen molar-refractivity contribution in [1.82, 2.24) is 9.97 Å². The normalized spacial score (nSPS) is 11.9. The molecule has 0 radical (unpaired) electrons. The first kappa shape index (κ1) is 28.0. The van der Waals surface area contributed by atoms with Crippen molar-refractivity contribution in [2.75, 3.05) is 0 Å². The summed E-state index contributed by atoms with van der Waals surface area (Å²) in [6.07, 6.45) is 0. The lowest BCUT2D eigenvalue weighted by atomic mass is 9.93. The van der Waals surface area contributed by atoms with Crippen molar-refractivity contribution >= 4 is 76.1 Å². The molecular weight excluding hydrogens is 621 g/mol. The number of furan rings is 1. The fraction of sp³-hybridized carbons (Fsp3) is 0. The zero-order valence-electron chi connectivity index (χ0n) is 27.5. The number of hydrogen-bond acceptors (Lipinski definition) is 3. The van der Waals surface area contributed by atoms with Crippen LogP contribution in [0, 0.1) is 0 Å². The van der Waals surface area contributed by atoms with Gasteiger partial charge in [0.15, 0.2) is 0 Å². The minimum atomic E-state index is 0.842. The zero-order valence-corrected chi connectivity index (χ0v) is 27.5. The molecule has 0 fully saturated rings. The van der Waals surface area contributed by atoms with E-state index >= 15 is 0 Å². The molecule has 0 saturated heterocycles. The zero-order chi connectivity index (χ0) is 33.5. The number of benzene rings is 8. The van der Waals surface area contributed by atoms with Gasteiger partial charge in [-0.05, 0) is 79.8 Å². The van der Waals surface area contributed by atoms with E-state index in [-0.39, 0.29) is 0 Å². The van der Waals surface area contributed by atoms with Gasteiger partial charge in [0.25, 0.3) is 0 Å². The van der Waals surface area contributed by atoms with Crippen molar-refractivity contribution in [2.24, 2.45) is 0 Å². The molecule has 11 aromatic rings. The highest BCUT2D eigenvalue weighted by Gasteiger charge is 2.17. The predicted octanol–water partition coefficient (Wildman–Crippen LogP) is 13.1. The van der Waals surface area contributed by atoms with E-state index < -0.39 is 0 Å². The minimum Gasteiger partial charge on any atom is -0.455 e. The summed E-state index contributed by atoms with van der Waals surface area (Å²) in [7, 11) is 0. The molecule has 3 heteroatoms. The molecule has 0 spiro atoms. The number of nitrogens with zero attached hydrogens (tertiary/aromatic N) is 2. The summed E-state index contributed by atoms with van der Waals surface area (Å²) in [6.45, 7) is 0. The third kappa shape index (κ3) is 4.32. The molecule has 0 aliphatic rings. The number of para-hydroxylation sites is 1. The molecule has 0 atom stereocenters. The molecule has 0 saturated carbocycles. The monoisotopic (exact) mass is 648 g/mol. The SMILES string of the molecule is c1ccc(-c2cccc(-c3ccc4ccc5ccc(-c6cccc7c6oc6cc8c9ccccc9c9ccccc9c8cc67)nc5c4n3)c2)cc1. The Bertz CT molecular complexity index is 3190. The summed E-state index contributed by atoms with van der Waals surface area (Å²) >= 11 is 0. The van der Waals surface area contributed by atoms with E-state index in [1.54, 1.807) is 0 Å². The van der Waals surface area contributed by atoms with Crippen molar-refractivity contribution in [3.8, 4) is 33.6 Å². The van der Waals surface area contributed by atoms with Crippen LogP contribution < -0.4 is 0 Å². The van der Waals surface area contributed by atoms with Gasteiger partial charge in [-0.1, -0.05) is 133 Å². The largest absolute Gasteiger partial charge is 0.455 e. The maximum Gasteiger partial charge on any atom is 0.144 e.